The Morgan fingerprint density at radius 3 is 2.44 bits per heavy atom. The highest BCUT2D eigenvalue weighted by Gasteiger charge is 2.29. The molecule has 5 rings (SSSR count). The first-order valence-electron chi connectivity index (χ1n) is 11.3. The van der Waals surface area contributed by atoms with Crippen LogP contribution in [-0.2, 0) is 10.0 Å². The quantitative estimate of drug-likeness (QED) is 0.398. The third-order valence-corrected chi connectivity index (χ3v) is 7.74. The van der Waals surface area contributed by atoms with Crippen molar-refractivity contribution in [2.45, 2.75) is 18.2 Å². The number of anilines is 2. The second-order valence-corrected chi connectivity index (χ2v) is 10.6. The number of carbonyl (C=O) groups excluding carboxylic acids is 1. The van der Waals surface area contributed by atoms with E-state index in [4.69, 9.17) is 9.15 Å². The zero-order valence-electron chi connectivity index (χ0n) is 20.1. The zero-order valence-corrected chi connectivity index (χ0v) is 20.9. The predicted molar refractivity (Wildman–Crippen MR) is 135 cm³/mol. The lowest BCUT2D eigenvalue weighted by Gasteiger charge is -2.29. The van der Waals surface area contributed by atoms with Gasteiger partial charge in [-0.2, -0.15) is 4.31 Å². The lowest BCUT2D eigenvalue weighted by atomic mass is 10.1. The molecule has 10 nitrogen and oxygen atoms in total. The number of ether oxygens (including phenoxy) is 1. The molecule has 36 heavy (non-hydrogen) atoms. The minimum atomic E-state index is -3.48. The maximum absolute atomic E-state index is 13.0. The smallest absolute Gasteiger partial charge is 0.257 e. The van der Waals surface area contributed by atoms with E-state index in [1.54, 1.807) is 37.4 Å². The second-order valence-electron chi connectivity index (χ2n) is 8.68. The van der Waals surface area contributed by atoms with E-state index in [0.29, 0.717) is 58.5 Å². The molecule has 0 saturated carbocycles. The number of amides is 1. The van der Waals surface area contributed by atoms with Crippen LogP contribution in [0.3, 0.4) is 0 Å². The molecule has 4 aromatic rings. The number of carbonyl (C=O) groups is 1. The fourth-order valence-electron chi connectivity index (χ4n) is 3.74. The van der Waals surface area contributed by atoms with Gasteiger partial charge >= 0.3 is 0 Å². The van der Waals surface area contributed by atoms with Crippen LogP contribution in [0.2, 0.25) is 0 Å². The lowest BCUT2D eigenvalue weighted by molar-refractivity contribution is 0.102. The van der Waals surface area contributed by atoms with E-state index >= 15 is 0 Å². The molecular formula is C25H25N5O5S. The van der Waals surface area contributed by atoms with Crippen LogP contribution < -0.4 is 15.0 Å². The highest BCUT2D eigenvalue weighted by molar-refractivity contribution is 7.89. The summed E-state index contributed by atoms with van der Waals surface area (Å²) in [5.41, 5.74) is 0.795. The van der Waals surface area contributed by atoms with Crippen molar-refractivity contribution in [3.05, 3.63) is 66.2 Å². The van der Waals surface area contributed by atoms with Gasteiger partial charge in [0.05, 0.1) is 22.7 Å². The fourth-order valence-corrected chi connectivity index (χ4v) is 5.26. The van der Waals surface area contributed by atoms with Crippen molar-refractivity contribution in [3.8, 4) is 11.5 Å². The van der Waals surface area contributed by atoms with Crippen molar-refractivity contribution in [2.24, 2.45) is 0 Å². The number of nitrogens with one attached hydrogen (secondary N) is 1. The SMILES string of the molecule is Cc1cc2c(Oc3ccc(S(=O)(=O)N4CCC4)cc3)cc(C(=O)Nc3cnc(N(C)C)cn3)cc2o1. The van der Waals surface area contributed by atoms with Crippen LogP contribution in [0, 0.1) is 6.92 Å². The third kappa shape index (κ3) is 4.62. The number of aromatic nitrogens is 2. The number of fused-ring (bicyclic) bond motifs is 1. The molecule has 1 N–H and O–H groups in total. The molecule has 1 aliphatic heterocycles. The monoisotopic (exact) mass is 507 g/mol. The van der Waals surface area contributed by atoms with Gasteiger partial charge in [-0.05, 0) is 55.8 Å². The van der Waals surface area contributed by atoms with Crippen molar-refractivity contribution in [3.63, 3.8) is 0 Å². The van der Waals surface area contributed by atoms with E-state index in [0.717, 1.165) is 6.42 Å². The Morgan fingerprint density at radius 1 is 1.08 bits per heavy atom. The van der Waals surface area contributed by atoms with Crippen molar-refractivity contribution in [1.82, 2.24) is 14.3 Å². The topological polar surface area (TPSA) is 118 Å². The predicted octanol–water partition coefficient (Wildman–Crippen LogP) is 4.04. The van der Waals surface area contributed by atoms with Crippen LogP contribution in [0.15, 0.2) is 64.2 Å². The Kier molecular flexibility index (Phi) is 6.10. The number of sulfonamides is 1. The molecule has 0 bridgehead atoms. The number of hydrogen-bond acceptors (Lipinski definition) is 8. The van der Waals surface area contributed by atoms with E-state index in [1.807, 2.05) is 25.1 Å². The molecule has 0 unspecified atom stereocenters. The molecular weight excluding hydrogens is 482 g/mol. The number of furan rings is 1. The van der Waals surface area contributed by atoms with Gasteiger partial charge in [0.2, 0.25) is 10.0 Å². The Bertz CT molecular complexity index is 1530. The molecule has 2 aromatic carbocycles. The first-order valence-corrected chi connectivity index (χ1v) is 12.8. The summed E-state index contributed by atoms with van der Waals surface area (Å²) in [6.07, 6.45) is 3.92. The Balaban J connectivity index is 1.40. The minimum absolute atomic E-state index is 0.216. The van der Waals surface area contributed by atoms with Gasteiger partial charge in [0, 0.05) is 32.7 Å². The summed E-state index contributed by atoms with van der Waals surface area (Å²) in [6, 6.07) is 11.3. The largest absolute Gasteiger partial charge is 0.461 e. The van der Waals surface area contributed by atoms with Gasteiger partial charge in [-0.1, -0.05) is 0 Å². The van der Waals surface area contributed by atoms with Crippen LogP contribution in [0.5, 0.6) is 11.5 Å². The van der Waals surface area contributed by atoms with Crippen molar-refractivity contribution in [1.29, 1.82) is 0 Å². The van der Waals surface area contributed by atoms with Gasteiger partial charge in [0.1, 0.15) is 28.7 Å². The first kappa shape index (κ1) is 23.8. The Hall–Kier alpha value is -3.96. The van der Waals surface area contributed by atoms with Crippen molar-refractivity contribution < 1.29 is 22.4 Å². The van der Waals surface area contributed by atoms with E-state index < -0.39 is 15.9 Å². The van der Waals surface area contributed by atoms with Gasteiger partial charge in [-0.15, -0.1) is 0 Å². The standard InChI is InChI=1S/C25H25N5O5S/c1-16-11-20-21(34-16)12-17(25(31)28-23-14-27-24(15-26-23)29(2)3)13-22(20)35-18-5-7-19(8-6-18)36(32,33)30-9-4-10-30/h5-8,11-15H,4,9-10H2,1-3H3,(H,26,28,31). The summed E-state index contributed by atoms with van der Waals surface area (Å²) in [4.78, 5) is 23.5. The summed E-state index contributed by atoms with van der Waals surface area (Å²) >= 11 is 0. The molecule has 11 heteroatoms. The molecule has 0 atom stereocenters. The molecule has 2 aromatic heterocycles. The van der Waals surface area contributed by atoms with E-state index in [-0.39, 0.29) is 4.90 Å². The maximum Gasteiger partial charge on any atom is 0.257 e. The van der Waals surface area contributed by atoms with Gasteiger partial charge < -0.3 is 19.4 Å². The summed E-state index contributed by atoms with van der Waals surface area (Å²) in [7, 11) is 0.218. The van der Waals surface area contributed by atoms with E-state index in [9.17, 15) is 13.2 Å². The zero-order chi connectivity index (χ0) is 25.4. The number of hydrogen-bond donors (Lipinski definition) is 1. The van der Waals surface area contributed by atoms with Crippen molar-refractivity contribution in [2.75, 3.05) is 37.4 Å². The first-order chi connectivity index (χ1) is 17.2. The molecule has 186 valence electrons. The molecule has 0 radical (unpaired) electrons. The Morgan fingerprint density at radius 2 is 1.83 bits per heavy atom. The minimum Gasteiger partial charge on any atom is -0.461 e. The number of rotatable bonds is 7. The molecule has 1 amide bonds. The van der Waals surface area contributed by atoms with Crippen LogP contribution >= 0.6 is 0 Å². The Labute approximate surface area is 208 Å². The molecule has 0 aliphatic carbocycles. The van der Waals surface area contributed by atoms with Gasteiger partial charge in [0.15, 0.2) is 5.82 Å². The molecule has 1 fully saturated rings. The lowest BCUT2D eigenvalue weighted by Crippen LogP contribution is -2.41. The normalized spacial score (nSPS) is 13.9. The highest BCUT2D eigenvalue weighted by atomic mass is 32.2. The fraction of sp³-hybridized carbons (Fsp3) is 0.240. The van der Waals surface area contributed by atoms with Crippen LogP contribution in [-0.4, -0.2) is 55.8 Å². The van der Waals surface area contributed by atoms with Crippen LogP contribution in [0.25, 0.3) is 11.0 Å². The third-order valence-electron chi connectivity index (χ3n) is 5.83. The van der Waals surface area contributed by atoms with Gasteiger partial charge in [-0.3, -0.25) is 4.79 Å². The van der Waals surface area contributed by atoms with Crippen LogP contribution in [0.1, 0.15) is 22.5 Å². The maximum atomic E-state index is 13.0. The molecule has 1 aliphatic rings. The number of benzene rings is 2. The number of aryl methyl sites for hydroxylation is 1. The molecule has 1 saturated heterocycles. The van der Waals surface area contributed by atoms with E-state index in [1.165, 1.54) is 22.6 Å². The highest BCUT2D eigenvalue weighted by Crippen LogP contribution is 2.34. The van der Waals surface area contributed by atoms with Crippen LogP contribution in [0.4, 0.5) is 11.6 Å². The molecule has 0 spiro atoms. The number of nitrogens with zero attached hydrogens (tertiary/aromatic N) is 4. The van der Waals surface area contributed by atoms with Crippen molar-refractivity contribution >= 4 is 38.5 Å². The molecule has 3 heterocycles. The summed E-state index contributed by atoms with van der Waals surface area (Å²) < 4.78 is 38.5. The second kappa shape index (κ2) is 9.25. The average molecular weight is 508 g/mol. The summed E-state index contributed by atoms with van der Waals surface area (Å²) in [5, 5.41) is 3.42. The average Bonchev–Trinajstić information content (AvgIpc) is 3.19. The summed E-state index contributed by atoms with van der Waals surface area (Å²) in [6.45, 7) is 2.89. The van der Waals surface area contributed by atoms with E-state index in [2.05, 4.69) is 15.3 Å². The van der Waals surface area contributed by atoms with Gasteiger partial charge in [-0.25, -0.2) is 18.4 Å². The summed E-state index contributed by atoms with van der Waals surface area (Å²) in [5.74, 6) is 2.07. The van der Waals surface area contributed by atoms with Gasteiger partial charge in [0.25, 0.3) is 5.91 Å².